The van der Waals surface area contributed by atoms with Crippen molar-refractivity contribution in [1.29, 1.82) is 0 Å². The van der Waals surface area contributed by atoms with Gasteiger partial charge < -0.3 is 10.1 Å². The highest BCUT2D eigenvalue weighted by molar-refractivity contribution is 6.06. The summed E-state index contributed by atoms with van der Waals surface area (Å²) in [5.41, 5.74) is 2.60. The lowest BCUT2D eigenvalue weighted by molar-refractivity contribution is -0.384. The molecule has 1 unspecified atom stereocenters. The summed E-state index contributed by atoms with van der Waals surface area (Å²) in [5.74, 6) is -0.582. The molecule has 0 saturated carbocycles. The number of carbonyl (C=O) groups is 2. The minimum absolute atomic E-state index is 0.129. The zero-order valence-corrected chi connectivity index (χ0v) is 16.8. The van der Waals surface area contributed by atoms with E-state index >= 15 is 0 Å². The van der Waals surface area contributed by atoms with E-state index in [0.29, 0.717) is 11.4 Å². The van der Waals surface area contributed by atoms with Gasteiger partial charge in [0.05, 0.1) is 10.6 Å². The summed E-state index contributed by atoms with van der Waals surface area (Å²) >= 11 is 0. The molecule has 1 N–H and O–H groups in total. The molecule has 29 heavy (non-hydrogen) atoms. The number of carbonyl (C=O) groups excluding carboxylic acids is 2. The smallest absolute Gasteiger partial charge is 0.271 e. The Kier molecular flexibility index (Phi) is 5.54. The van der Waals surface area contributed by atoms with Crippen molar-refractivity contribution in [1.82, 2.24) is 0 Å². The number of anilines is 2. The molecule has 152 valence electrons. The van der Waals surface area contributed by atoms with E-state index in [-0.39, 0.29) is 23.8 Å². The van der Waals surface area contributed by atoms with Crippen molar-refractivity contribution in [3.8, 4) is 5.75 Å². The summed E-state index contributed by atoms with van der Waals surface area (Å²) in [6.07, 6.45) is -0.766. The number of rotatable bonds is 5. The third-order valence-electron chi connectivity index (χ3n) is 4.78. The van der Waals surface area contributed by atoms with Crippen LogP contribution in [0, 0.1) is 29.9 Å². The zero-order valence-electron chi connectivity index (χ0n) is 16.8. The van der Waals surface area contributed by atoms with Crippen LogP contribution in [0.1, 0.15) is 25.0 Å². The van der Waals surface area contributed by atoms with E-state index in [1.165, 1.54) is 23.1 Å². The largest absolute Gasteiger partial charge is 0.478 e. The molecule has 1 heterocycles. The third kappa shape index (κ3) is 4.21. The molecule has 2 aromatic carbocycles. The van der Waals surface area contributed by atoms with E-state index in [0.717, 1.165) is 11.1 Å². The molecule has 1 atom stereocenters. The van der Waals surface area contributed by atoms with Crippen LogP contribution in [0.25, 0.3) is 0 Å². The fraction of sp³-hybridized carbons (Fsp3) is 0.333. The van der Waals surface area contributed by atoms with E-state index in [1.54, 1.807) is 0 Å². The van der Waals surface area contributed by atoms with Gasteiger partial charge in [-0.3, -0.25) is 24.6 Å². The van der Waals surface area contributed by atoms with Crippen LogP contribution in [0.3, 0.4) is 0 Å². The topological polar surface area (TPSA) is 102 Å². The molecule has 0 saturated heterocycles. The summed E-state index contributed by atoms with van der Waals surface area (Å²) in [6, 6.07) is 9.74. The second kappa shape index (κ2) is 7.90. The van der Waals surface area contributed by atoms with Gasteiger partial charge in [-0.05, 0) is 43.0 Å². The maximum Gasteiger partial charge on any atom is 0.271 e. The second-order valence-electron chi connectivity index (χ2n) is 7.48. The van der Waals surface area contributed by atoms with Gasteiger partial charge in [0.2, 0.25) is 5.91 Å². The first-order chi connectivity index (χ1) is 13.7. The summed E-state index contributed by atoms with van der Waals surface area (Å²) in [5, 5.41) is 14.0. The summed E-state index contributed by atoms with van der Waals surface area (Å²) in [7, 11) is 0. The van der Waals surface area contributed by atoms with E-state index in [2.05, 4.69) is 5.32 Å². The molecule has 0 bridgehead atoms. The highest BCUT2D eigenvalue weighted by Crippen LogP contribution is 2.38. The predicted octanol–water partition coefficient (Wildman–Crippen LogP) is 3.60. The number of amides is 2. The van der Waals surface area contributed by atoms with E-state index in [9.17, 15) is 19.7 Å². The monoisotopic (exact) mass is 397 g/mol. The summed E-state index contributed by atoms with van der Waals surface area (Å²) < 4.78 is 5.76. The van der Waals surface area contributed by atoms with E-state index in [1.807, 2.05) is 45.9 Å². The number of nitro groups is 1. The first-order valence-corrected chi connectivity index (χ1v) is 9.31. The molecule has 0 aromatic heterocycles. The molecule has 0 aliphatic carbocycles. The van der Waals surface area contributed by atoms with Crippen LogP contribution in [0.5, 0.6) is 5.75 Å². The van der Waals surface area contributed by atoms with Crippen LogP contribution in [0.4, 0.5) is 17.1 Å². The van der Waals surface area contributed by atoms with Gasteiger partial charge in [-0.2, -0.15) is 0 Å². The Morgan fingerprint density at radius 3 is 2.62 bits per heavy atom. The molecule has 8 nitrogen and oxygen atoms in total. The van der Waals surface area contributed by atoms with Gasteiger partial charge in [0.1, 0.15) is 12.3 Å². The molecular formula is C21H23N3O5. The van der Waals surface area contributed by atoms with Gasteiger partial charge in [-0.1, -0.05) is 26.0 Å². The normalized spacial score (nSPS) is 15.7. The van der Waals surface area contributed by atoms with Crippen LogP contribution in [0.15, 0.2) is 36.4 Å². The molecule has 2 amide bonds. The lowest BCUT2D eigenvalue weighted by Gasteiger charge is -2.35. The predicted molar refractivity (Wildman–Crippen MR) is 109 cm³/mol. The number of fused-ring (bicyclic) bond motifs is 1. The molecule has 0 fully saturated rings. The van der Waals surface area contributed by atoms with Crippen molar-refractivity contribution in [2.75, 3.05) is 16.8 Å². The van der Waals surface area contributed by atoms with Crippen molar-refractivity contribution in [2.45, 2.75) is 33.8 Å². The number of nitro benzene ring substituents is 1. The highest BCUT2D eigenvalue weighted by Gasteiger charge is 2.38. The van der Waals surface area contributed by atoms with Gasteiger partial charge >= 0.3 is 0 Å². The fourth-order valence-corrected chi connectivity index (χ4v) is 3.18. The van der Waals surface area contributed by atoms with Crippen molar-refractivity contribution >= 4 is 28.9 Å². The summed E-state index contributed by atoms with van der Waals surface area (Å²) in [6.45, 7) is 7.21. The lowest BCUT2D eigenvalue weighted by atomic mass is 10.0. The van der Waals surface area contributed by atoms with Crippen LogP contribution in [0.2, 0.25) is 0 Å². The van der Waals surface area contributed by atoms with Crippen molar-refractivity contribution < 1.29 is 19.2 Å². The molecule has 8 heteroatoms. The quantitative estimate of drug-likeness (QED) is 0.613. The van der Waals surface area contributed by atoms with Crippen molar-refractivity contribution in [3.63, 3.8) is 0 Å². The Balaban J connectivity index is 1.92. The van der Waals surface area contributed by atoms with Gasteiger partial charge in [-0.25, -0.2) is 0 Å². The molecule has 1 aliphatic heterocycles. The molecule has 3 rings (SSSR count). The maximum absolute atomic E-state index is 13.0. The minimum atomic E-state index is -0.766. The van der Waals surface area contributed by atoms with Crippen LogP contribution in [-0.2, 0) is 9.59 Å². The number of non-ortho nitro benzene ring substituents is 1. The number of hydrogen-bond donors (Lipinski definition) is 1. The molecule has 2 aromatic rings. The van der Waals surface area contributed by atoms with E-state index in [4.69, 9.17) is 4.74 Å². The fourth-order valence-electron chi connectivity index (χ4n) is 3.18. The number of benzene rings is 2. The Bertz CT molecular complexity index is 986. The molecule has 0 radical (unpaired) electrons. The standard InChI is InChI=1S/C21H23N3O5/c1-12(2)20-21(26)23(17-10-15(24(27)28)7-8-18(17)29-20)11-19(25)22-16-9-13(3)5-6-14(16)4/h5-10,12,20H,11H2,1-4H3,(H,22,25). The number of nitrogens with zero attached hydrogens (tertiary/aromatic N) is 2. The molecule has 0 spiro atoms. The number of nitrogens with one attached hydrogen (secondary N) is 1. The van der Waals surface area contributed by atoms with Gasteiger partial charge in [0.25, 0.3) is 11.6 Å². The Morgan fingerprint density at radius 1 is 1.24 bits per heavy atom. The molecule has 1 aliphatic rings. The van der Waals surface area contributed by atoms with Gasteiger partial charge in [0.15, 0.2) is 6.10 Å². The average Bonchev–Trinajstić information content (AvgIpc) is 2.66. The van der Waals surface area contributed by atoms with Gasteiger partial charge in [0, 0.05) is 17.8 Å². The Morgan fingerprint density at radius 2 is 1.97 bits per heavy atom. The van der Waals surface area contributed by atoms with Gasteiger partial charge in [-0.15, -0.1) is 0 Å². The summed E-state index contributed by atoms with van der Waals surface area (Å²) in [4.78, 5) is 37.6. The maximum atomic E-state index is 13.0. The van der Waals surface area contributed by atoms with Crippen LogP contribution in [-0.4, -0.2) is 29.4 Å². The minimum Gasteiger partial charge on any atom is -0.478 e. The number of hydrogen-bond acceptors (Lipinski definition) is 5. The lowest BCUT2D eigenvalue weighted by Crippen LogP contribution is -2.50. The zero-order chi connectivity index (χ0) is 21.3. The number of aryl methyl sites for hydroxylation is 2. The second-order valence-corrected chi connectivity index (χ2v) is 7.48. The SMILES string of the molecule is Cc1ccc(C)c(NC(=O)CN2C(=O)C(C(C)C)Oc3ccc([N+](=O)[O-])cc32)c1. The third-order valence-corrected chi connectivity index (χ3v) is 4.78. The van der Waals surface area contributed by atoms with E-state index < -0.39 is 22.8 Å². The highest BCUT2D eigenvalue weighted by atomic mass is 16.6. The first kappa shape index (κ1) is 20.3. The van der Waals surface area contributed by atoms with Crippen molar-refractivity contribution in [3.05, 3.63) is 57.6 Å². The molecular weight excluding hydrogens is 374 g/mol. The van der Waals surface area contributed by atoms with Crippen LogP contribution < -0.4 is 15.0 Å². The first-order valence-electron chi connectivity index (χ1n) is 9.31. The average molecular weight is 397 g/mol. The number of ether oxygens (including phenoxy) is 1. The van der Waals surface area contributed by atoms with Crippen molar-refractivity contribution in [2.24, 2.45) is 5.92 Å². The Labute approximate surface area is 168 Å². The Hall–Kier alpha value is -3.42. The van der Waals surface area contributed by atoms with Crippen LogP contribution >= 0.6 is 0 Å².